The van der Waals surface area contributed by atoms with Gasteiger partial charge in [0.05, 0.1) is 18.3 Å². The van der Waals surface area contributed by atoms with Crippen LogP contribution in [0.15, 0.2) is 24.4 Å². The molecule has 1 heterocycles. The summed E-state index contributed by atoms with van der Waals surface area (Å²) in [6.45, 7) is 1.42. The van der Waals surface area contributed by atoms with E-state index in [1.165, 1.54) is 11.6 Å². The molecule has 1 aromatic carbocycles. The topological polar surface area (TPSA) is 55.1 Å². The molecule has 2 aromatic rings. The van der Waals surface area contributed by atoms with Gasteiger partial charge in [-0.2, -0.15) is 5.10 Å². The van der Waals surface area contributed by atoms with Gasteiger partial charge < -0.3 is 5.11 Å². The molecule has 14 heavy (non-hydrogen) atoms. The zero-order valence-electron chi connectivity index (χ0n) is 7.77. The molecular formula is C10H10N2O2. The van der Waals surface area contributed by atoms with Crippen molar-refractivity contribution in [1.29, 1.82) is 0 Å². The molecule has 0 spiro atoms. The van der Waals surface area contributed by atoms with Crippen LogP contribution in [0.4, 0.5) is 0 Å². The summed E-state index contributed by atoms with van der Waals surface area (Å²) in [6.07, 6.45) is 1.60. The van der Waals surface area contributed by atoms with Gasteiger partial charge in [0.2, 0.25) is 5.91 Å². The second-order valence-corrected chi connectivity index (χ2v) is 3.08. The monoisotopic (exact) mass is 190 g/mol. The largest absolute Gasteiger partial charge is 0.392 e. The van der Waals surface area contributed by atoms with Gasteiger partial charge in [0.25, 0.3) is 0 Å². The molecule has 0 aliphatic rings. The van der Waals surface area contributed by atoms with E-state index in [1.54, 1.807) is 12.3 Å². The normalized spacial score (nSPS) is 10.7. The van der Waals surface area contributed by atoms with Gasteiger partial charge in [-0.3, -0.25) is 4.79 Å². The van der Waals surface area contributed by atoms with E-state index in [0.29, 0.717) is 0 Å². The lowest BCUT2D eigenvalue weighted by atomic mass is 10.1. The standard InChI is InChI=1S/C10H10N2O2/c1-7(14)12-10-4-2-3-8(6-13)9(10)5-11-12/h2-5,13H,6H2,1H3. The number of benzene rings is 1. The first-order chi connectivity index (χ1) is 6.74. The van der Waals surface area contributed by atoms with Gasteiger partial charge in [0.15, 0.2) is 0 Å². The predicted molar refractivity (Wildman–Crippen MR) is 52.0 cm³/mol. The van der Waals surface area contributed by atoms with Crippen LogP contribution < -0.4 is 0 Å². The fourth-order valence-electron chi connectivity index (χ4n) is 1.50. The number of nitrogens with zero attached hydrogens (tertiary/aromatic N) is 2. The van der Waals surface area contributed by atoms with Crippen molar-refractivity contribution in [2.45, 2.75) is 13.5 Å². The maximum atomic E-state index is 11.2. The number of hydrogen-bond donors (Lipinski definition) is 1. The van der Waals surface area contributed by atoms with E-state index in [9.17, 15) is 4.79 Å². The molecule has 0 aliphatic carbocycles. The highest BCUT2D eigenvalue weighted by atomic mass is 16.3. The van der Waals surface area contributed by atoms with Gasteiger partial charge >= 0.3 is 0 Å². The molecule has 0 radical (unpaired) electrons. The molecule has 1 aromatic heterocycles. The summed E-state index contributed by atoms with van der Waals surface area (Å²) in [5, 5.41) is 13.8. The van der Waals surface area contributed by atoms with E-state index in [2.05, 4.69) is 5.10 Å². The molecule has 0 amide bonds. The van der Waals surface area contributed by atoms with Crippen LogP contribution in [0.2, 0.25) is 0 Å². The fourth-order valence-corrected chi connectivity index (χ4v) is 1.50. The number of carbonyl (C=O) groups is 1. The van der Waals surface area contributed by atoms with E-state index in [4.69, 9.17) is 5.11 Å². The molecule has 0 unspecified atom stereocenters. The molecule has 2 rings (SSSR count). The number of hydrogen-bond acceptors (Lipinski definition) is 3. The fraction of sp³-hybridized carbons (Fsp3) is 0.200. The zero-order valence-corrected chi connectivity index (χ0v) is 7.77. The van der Waals surface area contributed by atoms with E-state index >= 15 is 0 Å². The quantitative estimate of drug-likeness (QED) is 0.734. The lowest BCUT2D eigenvalue weighted by molar-refractivity contribution is 0.0927. The number of rotatable bonds is 1. The Balaban J connectivity index is 2.75. The molecule has 0 aliphatic heterocycles. The first kappa shape index (κ1) is 8.90. The van der Waals surface area contributed by atoms with Crippen LogP contribution in [-0.4, -0.2) is 20.8 Å². The minimum absolute atomic E-state index is 0.0407. The summed E-state index contributed by atoms with van der Waals surface area (Å²) in [6, 6.07) is 5.42. The van der Waals surface area contributed by atoms with Crippen LogP contribution in [0, 0.1) is 0 Å². The molecule has 4 nitrogen and oxygen atoms in total. The van der Waals surface area contributed by atoms with E-state index in [-0.39, 0.29) is 12.5 Å². The van der Waals surface area contributed by atoms with Crippen LogP contribution in [0.25, 0.3) is 10.9 Å². The number of aliphatic hydroxyl groups excluding tert-OH is 1. The van der Waals surface area contributed by atoms with E-state index in [1.807, 2.05) is 12.1 Å². The Morgan fingerprint density at radius 3 is 3.00 bits per heavy atom. The average Bonchev–Trinajstić information content (AvgIpc) is 2.60. The minimum Gasteiger partial charge on any atom is -0.392 e. The van der Waals surface area contributed by atoms with Crippen molar-refractivity contribution in [3.05, 3.63) is 30.0 Å². The Morgan fingerprint density at radius 1 is 1.57 bits per heavy atom. The Morgan fingerprint density at radius 2 is 2.36 bits per heavy atom. The summed E-state index contributed by atoms with van der Waals surface area (Å²) in [4.78, 5) is 11.2. The highest BCUT2D eigenvalue weighted by Crippen LogP contribution is 2.18. The van der Waals surface area contributed by atoms with Crippen molar-refractivity contribution >= 4 is 16.8 Å². The van der Waals surface area contributed by atoms with Crippen molar-refractivity contribution in [2.75, 3.05) is 0 Å². The highest BCUT2D eigenvalue weighted by Gasteiger charge is 2.08. The number of aliphatic hydroxyl groups is 1. The molecule has 4 heteroatoms. The number of aromatic nitrogens is 2. The minimum atomic E-state index is -0.130. The third-order valence-electron chi connectivity index (χ3n) is 2.17. The molecule has 0 bridgehead atoms. The van der Waals surface area contributed by atoms with Gasteiger partial charge in [0, 0.05) is 12.3 Å². The Labute approximate surface area is 80.8 Å². The summed E-state index contributed by atoms with van der Waals surface area (Å²) < 4.78 is 1.33. The zero-order chi connectivity index (χ0) is 10.1. The predicted octanol–water partition coefficient (Wildman–Crippen LogP) is 1.19. The van der Waals surface area contributed by atoms with Gasteiger partial charge in [-0.15, -0.1) is 0 Å². The third kappa shape index (κ3) is 1.20. The van der Waals surface area contributed by atoms with Gasteiger partial charge in [0.1, 0.15) is 0 Å². The summed E-state index contributed by atoms with van der Waals surface area (Å²) in [5.74, 6) is -0.130. The van der Waals surface area contributed by atoms with Gasteiger partial charge in [-0.1, -0.05) is 12.1 Å². The number of carbonyl (C=O) groups excluding carboxylic acids is 1. The second kappa shape index (κ2) is 3.23. The maximum absolute atomic E-state index is 11.2. The molecule has 1 N–H and O–H groups in total. The van der Waals surface area contributed by atoms with Crippen molar-refractivity contribution < 1.29 is 9.90 Å². The van der Waals surface area contributed by atoms with Crippen molar-refractivity contribution in [3.8, 4) is 0 Å². The first-order valence-electron chi connectivity index (χ1n) is 4.31. The van der Waals surface area contributed by atoms with Crippen LogP contribution >= 0.6 is 0 Å². The first-order valence-corrected chi connectivity index (χ1v) is 4.31. The molecule has 0 atom stereocenters. The Hall–Kier alpha value is -1.68. The summed E-state index contributed by atoms with van der Waals surface area (Å²) >= 11 is 0. The molecule has 72 valence electrons. The number of fused-ring (bicyclic) bond motifs is 1. The SMILES string of the molecule is CC(=O)n1ncc2c(CO)cccc21. The highest BCUT2D eigenvalue weighted by molar-refractivity contribution is 5.91. The van der Waals surface area contributed by atoms with E-state index < -0.39 is 0 Å². The Bertz CT molecular complexity index is 488. The van der Waals surface area contributed by atoms with Crippen molar-refractivity contribution in [1.82, 2.24) is 9.78 Å². The van der Waals surface area contributed by atoms with Crippen LogP contribution in [-0.2, 0) is 6.61 Å². The molecule has 0 fully saturated rings. The van der Waals surface area contributed by atoms with Gasteiger partial charge in [-0.05, 0) is 11.6 Å². The average molecular weight is 190 g/mol. The molecule has 0 saturated heterocycles. The van der Waals surface area contributed by atoms with Crippen LogP contribution in [0.3, 0.4) is 0 Å². The van der Waals surface area contributed by atoms with E-state index in [0.717, 1.165) is 16.5 Å². The van der Waals surface area contributed by atoms with Crippen LogP contribution in [0.1, 0.15) is 17.3 Å². The third-order valence-corrected chi connectivity index (χ3v) is 2.17. The summed E-state index contributed by atoms with van der Waals surface area (Å²) in [7, 11) is 0. The maximum Gasteiger partial charge on any atom is 0.244 e. The van der Waals surface area contributed by atoms with Crippen molar-refractivity contribution in [2.24, 2.45) is 0 Å². The lowest BCUT2D eigenvalue weighted by Crippen LogP contribution is -2.06. The van der Waals surface area contributed by atoms with Crippen molar-refractivity contribution in [3.63, 3.8) is 0 Å². The Kier molecular flexibility index (Phi) is 2.05. The lowest BCUT2D eigenvalue weighted by Gasteiger charge is -1.99. The smallest absolute Gasteiger partial charge is 0.244 e. The summed E-state index contributed by atoms with van der Waals surface area (Å²) in [5.41, 5.74) is 1.53. The second-order valence-electron chi connectivity index (χ2n) is 3.08. The van der Waals surface area contributed by atoms with Crippen LogP contribution in [0.5, 0.6) is 0 Å². The van der Waals surface area contributed by atoms with Gasteiger partial charge in [-0.25, -0.2) is 4.68 Å². The molecule has 0 saturated carbocycles. The molecular weight excluding hydrogens is 180 g/mol.